The molecule has 1 nitrogen and oxygen atoms in total. The summed E-state index contributed by atoms with van der Waals surface area (Å²) in [7, 11) is 0. The molecular formula is C43H41N. The van der Waals surface area contributed by atoms with Crippen LogP contribution >= 0.6 is 0 Å². The van der Waals surface area contributed by atoms with Gasteiger partial charge in [0.05, 0.1) is 0 Å². The lowest BCUT2D eigenvalue weighted by Crippen LogP contribution is -2.11. The molecule has 6 aromatic rings. The van der Waals surface area contributed by atoms with Gasteiger partial charge in [-0.3, -0.25) is 0 Å². The van der Waals surface area contributed by atoms with E-state index in [2.05, 4.69) is 180 Å². The highest BCUT2D eigenvalue weighted by Crippen LogP contribution is 2.40. The Balaban J connectivity index is 1.39. The van der Waals surface area contributed by atoms with Crippen molar-refractivity contribution >= 4 is 17.1 Å². The zero-order valence-corrected chi connectivity index (χ0v) is 26.7. The molecule has 0 N–H and O–H groups in total. The first-order valence-corrected chi connectivity index (χ1v) is 15.5. The van der Waals surface area contributed by atoms with Gasteiger partial charge in [-0.2, -0.15) is 0 Å². The number of benzene rings is 6. The summed E-state index contributed by atoms with van der Waals surface area (Å²) in [4.78, 5) is 2.37. The molecule has 0 bridgehead atoms. The van der Waals surface area contributed by atoms with Crippen LogP contribution in [0.15, 0.2) is 133 Å². The summed E-state index contributed by atoms with van der Waals surface area (Å²) in [5, 5.41) is 0. The summed E-state index contributed by atoms with van der Waals surface area (Å²) in [6, 6.07) is 49.4. The fraction of sp³-hybridized carbons (Fsp3) is 0.163. The predicted molar refractivity (Wildman–Crippen MR) is 189 cm³/mol. The molecule has 0 saturated heterocycles. The van der Waals surface area contributed by atoms with Crippen molar-refractivity contribution in [3.8, 4) is 11.1 Å². The average Bonchev–Trinajstić information content (AvgIpc) is 3.01. The van der Waals surface area contributed by atoms with E-state index in [1.165, 1.54) is 72.6 Å². The molecule has 0 aliphatic carbocycles. The molecule has 0 aliphatic heterocycles. The van der Waals surface area contributed by atoms with Gasteiger partial charge in [-0.05, 0) is 122 Å². The van der Waals surface area contributed by atoms with Crippen LogP contribution in [0.1, 0.15) is 56.0 Å². The normalized spacial score (nSPS) is 11.8. The molecule has 0 saturated carbocycles. The SMILES string of the molecule is Cc1ccc(C(c2cccc(C)c2)c2ccc(-c3ccc(N(c4ccc(C)cc4)c4cccc(C)c4)c(C)c3)cc2C)cc1. The first kappa shape index (κ1) is 29.2. The third-order valence-corrected chi connectivity index (χ3v) is 8.69. The first-order valence-electron chi connectivity index (χ1n) is 15.5. The van der Waals surface area contributed by atoms with E-state index in [4.69, 9.17) is 0 Å². The van der Waals surface area contributed by atoms with Crippen molar-refractivity contribution in [3.63, 3.8) is 0 Å². The largest absolute Gasteiger partial charge is 0.310 e. The lowest BCUT2D eigenvalue weighted by atomic mass is 9.81. The van der Waals surface area contributed by atoms with Crippen LogP contribution < -0.4 is 4.90 Å². The predicted octanol–water partition coefficient (Wildman–Crippen LogP) is 11.9. The molecule has 0 heterocycles. The minimum atomic E-state index is 0.186. The summed E-state index contributed by atoms with van der Waals surface area (Å²) in [6.07, 6.45) is 0. The van der Waals surface area contributed by atoms with Crippen LogP contribution in [-0.4, -0.2) is 0 Å². The Labute approximate surface area is 263 Å². The smallest absolute Gasteiger partial charge is 0.0491 e. The zero-order valence-electron chi connectivity index (χ0n) is 26.7. The van der Waals surface area contributed by atoms with Crippen LogP contribution in [0.25, 0.3) is 11.1 Å². The van der Waals surface area contributed by atoms with Crippen LogP contribution in [0.5, 0.6) is 0 Å². The molecule has 1 unspecified atom stereocenters. The van der Waals surface area contributed by atoms with Gasteiger partial charge < -0.3 is 4.90 Å². The lowest BCUT2D eigenvalue weighted by Gasteiger charge is -2.28. The van der Waals surface area contributed by atoms with E-state index in [0.717, 1.165) is 5.69 Å². The molecule has 6 aromatic carbocycles. The van der Waals surface area contributed by atoms with E-state index >= 15 is 0 Å². The maximum atomic E-state index is 2.37. The van der Waals surface area contributed by atoms with Crippen molar-refractivity contribution in [2.75, 3.05) is 4.90 Å². The molecule has 218 valence electrons. The van der Waals surface area contributed by atoms with Crippen molar-refractivity contribution in [1.29, 1.82) is 0 Å². The van der Waals surface area contributed by atoms with Crippen molar-refractivity contribution in [2.24, 2.45) is 0 Å². The summed E-state index contributed by atoms with van der Waals surface area (Å²) in [6.45, 7) is 13.1. The number of aryl methyl sites for hydroxylation is 6. The Morgan fingerprint density at radius 1 is 0.409 bits per heavy atom. The summed E-state index contributed by atoms with van der Waals surface area (Å²) in [5.41, 5.74) is 17.6. The third-order valence-electron chi connectivity index (χ3n) is 8.69. The van der Waals surface area contributed by atoms with Gasteiger partial charge in [-0.25, -0.2) is 0 Å². The molecule has 0 aliphatic rings. The Kier molecular flexibility index (Phi) is 8.22. The number of nitrogens with zero attached hydrogens (tertiary/aromatic N) is 1. The molecular weight excluding hydrogens is 530 g/mol. The van der Waals surface area contributed by atoms with Crippen molar-refractivity contribution < 1.29 is 0 Å². The topological polar surface area (TPSA) is 3.24 Å². The van der Waals surface area contributed by atoms with Crippen LogP contribution in [0, 0.1) is 41.5 Å². The van der Waals surface area contributed by atoms with E-state index < -0.39 is 0 Å². The quantitative estimate of drug-likeness (QED) is 0.172. The van der Waals surface area contributed by atoms with Crippen LogP contribution in [0.3, 0.4) is 0 Å². The standard InChI is InChI=1S/C43H41N/c1-29-13-17-35(18-14-29)43(38-11-7-9-31(3)25-38)41-23-19-36(27-33(41)5)37-20-24-42(34(6)28-37)44(39-21-15-30(2)16-22-39)40-12-8-10-32(4)26-40/h7-28,43H,1-6H3. The Morgan fingerprint density at radius 2 is 1.00 bits per heavy atom. The van der Waals surface area contributed by atoms with Gasteiger partial charge in [-0.15, -0.1) is 0 Å². The number of anilines is 3. The molecule has 0 amide bonds. The number of hydrogen-bond acceptors (Lipinski definition) is 1. The van der Waals surface area contributed by atoms with Gasteiger partial charge in [0, 0.05) is 23.0 Å². The van der Waals surface area contributed by atoms with Gasteiger partial charge in [0.25, 0.3) is 0 Å². The monoisotopic (exact) mass is 571 g/mol. The Hall–Kier alpha value is -4.88. The summed E-state index contributed by atoms with van der Waals surface area (Å²) < 4.78 is 0. The molecule has 0 radical (unpaired) electrons. The fourth-order valence-corrected chi connectivity index (χ4v) is 6.31. The van der Waals surface area contributed by atoms with E-state index in [9.17, 15) is 0 Å². The molecule has 0 fully saturated rings. The van der Waals surface area contributed by atoms with Gasteiger partial charge in [-0.1, -0.05) is 114 Å². The van der Waals surface area contributed by atoms with Gasteiger partial charge in [0.1, 0.15) is 0 Å². The average molecular weight is 572 g/mol. The second kappa shape index (κ2) is 12.4. The van der Waals surface area contributed by atoms with Crippen molar-refractivity contribution in [2.45, 2.75) is 47.5 Å². The molecule has 1 heteroatoms. The van der Waals surface area contributed by atoms with Crippen LogP contribution in [-0.2, 0) is 0 Å². The number of hydrogen-bond donors (Lipinski definition) is 0. The second-order valence-electron chi connectivity index (χ2n) is 12.3. The van der Waals surface area contributed by atoms with Gasteiger partial charge >= 0.3 is 0 Å². The molecule has 44 heavy (non-hydrogen) atoms. The fourth-order valence-electron chi connectivity index (χ4n) is 6.31. The van der Waals surface area contributed by atoms with E-state index in [0.29, 0.717) is 0 Å². The molecule has 1 atom stereocenters. The highest BCUT2D eigenvalue weighted by molar-refractivity contribution is 5.81. The summed E-state index contributed by atoms with van der Waals surface area (Å²) in [5.74, 6) is 0.186. The lowest BCUT2D eigenvalue weighted by molar-refractivity contribution is 0.959. The van der Waals surface area contributed by atoms with E-state index in [1.54, 1.807) is 0 Å². The molecule has 6 rings (SSSR count). The van der Waals surface area contributed by atoms with Gasteiger partial charge in [0.15, 0.2) is 0 Å². The maximum absolute atomic E-state index is 2.37. The van der Waals surface area contributed by atoms with E-state index in [1.807, 2.05) is 0 Å². The van der Waals surface area contributed by atoms with Crippen LogP contribution in [0.4, 0.5) is 17.1 Å². The molecule has 0 spiro atoms. The third kappa shape index (κ3) is 6.10. The minimum absolute atomic E-state index is 0.186. The Morgan fingerprint density at radius 3 is 1.61 bits per heavy atom. The summed E-state index contributed by atoms with van der Waals surface area (Å²) >= 11 is 0. The van der Waals surface area contributed by atoms with E-state index in [-0.39, 0.29) is 5.92 Å². The zero-order chi connectivity index (χ0) is 30.8. The maximum Gasteiger partial charge on any atom is 0.0491 e. The van der Waals surface area contributed by atoms with Gasteiger partial charge in [0.2, 0.25) is 0 Å². The first-order chi connectivity index (χ1) is 21.3. The van der Waals surface area contributed by atoms with Crippen molar-refractivity contribution in [3.05, 3.63) is 184 Å². The highest BCUT2D eigenvalue weighted by Gasteiger charge is 2.20. The second-order valence-corrected chi connectivity index (χ2v) is 12.3. The number of rotatable bonds is 7. The minimum Gasteiger partial charge on any atom is -0.310 e. The Bertz CT molecular complexity index is 1770. The van der Waals surface area contributed by atoms with Crippen molar-refractivity contribution in [1.82, 2.24) is 0 Å². The van der Waals surface area contributed by atoms with Crippen LogP contribution in [0.2, 0.25) is 0 Å². The molecule has 0 aromatic heterocycles. The highest BCUT2D eigenvalue weighted by atomic mass is 15.1.